The van der Waals surface area contributed by atoms with E-state index in [0.29, 0.717) is 18.9 Å². The van der Waals surface area contributed by atoms with Crippen LogP contribution >= 0.6 is 0 Å². The van der Waals surface area contributed by atoms with E-state index >= 15 is 0 Å². The Bertz CT molecular complexity index is 540. The highest BCUT2D eigenvalue weighted by molar-refractivity contribution is 6.05. The number of anilines is 1. The second-order valence-electron chi connectivity index (χ2n) is 5.84. The molecule has 114 valence electrons. The zero-order valence-corrected chi connectivity index (χ0v) is 13.1. The summed E-state index contributed by atoms with van der Waals surface area (Å²) in [6, 6.07) is 5.95. The van der Waals surface area contributed by atoms with E-state index in [9.17, 15) is 9.59 Å². The van der Waals surface area contributed by atoms with Crippen molar-refractivity contribution in [3.63, 3.8) is 0 Å². The topological polar surface area (TPSA) is 49.4 Å². The summed E-state index contributed by atoms with van der Waals surface area (Å²) in [6.45, 7) is 6.93. The van der Waals surface area contributed by atoms with Gasteiger partial charge in [-0.2, -0.15) is 0 Å². The number of carbonyl (C=O) groups is 2. The monoisotopic (exact) mass is 288 g/mol. The first-order chi connectivity index (χ1) is 10.0. The number of hydrogen-bond acceptors (Lipinski definition) is 2. The summed E-state index contributed by atoms with van der Waals surface area (Å²) >= 11 is 0. The lowest BCUT2D eigenvalue weighted by molar-refractivity contribution is -0.120. The fourth-order valence-electron chi connectivity index (χ4n) is 2.76. The van der Waals surface area contributed by atoms with Gasteiger partial charge in [-0.3, -0.25) is 15.0 Å². The molecule has 0 radical (unpaired) electrons. The van der Waals surface area contributed by atoms with E-state index in [2.05, 4.69) is 31.3 Å². The molecule has 1 heterocycles. The lowest BCUT2D eigenvalue weighted by Gasteiger charge is -2.28. The number of urea groups is 1. The van der Waals surface area contributed by atoms with Crippen LogP contribution in [0.3, 0.4) is 0 Å². The summed E-state index contributed by atoms with van der Waals surface area (Å²) in [5.41, 5.74) is 3.30. The minimum Gasteiger partial charge on any atom is -0.293 e. The van der Waals surface area contributed by atoms with E-state index in [1.54, 1.807) is 4.90 Å². The third kappa shape index (κ3) is 3.63. The molecule has 1 aliphatic rings. The van der Waals surface area contributed by atoms with Gasteiger partial charge in [-0.15, -0.1) is 0 Å². The zero-order valence-electron chi connectivity index (χ0n) is 13.1. The lowest BCUT2D eigenvalue weighted by Crippen LogP contribution is -2.49. The summed E-state index contributed by atoms with van der Waals surface area (Å²) < 4.78 is 0. The highest BCUT2D eigenvalue weighted by Crippen LogP contribution is 2.28. The summed E-state index contributed by atoms with van der Waals surface area (Å²) in [6.07, 6.45) is 4.00. The number of carbonyl (C=O) groups excluding carboxylic acids is 2. The minimum absolute atomic E-state index is 0.196. The van der Waals surface area contributed by atoms with E-state index in [4.69, 9.17) is 0 Å². The SMILES string of the molecule is CCCCC(C)c1ccc(N2CCC(=O)NC2=O)c(C)c1. The summed E-state index contributed by atoms with van der Waals surface area (Å²) in [5, 5.41) is 2.37. The van der Waals surface area contributed by atoms with Crippen LogP contribution in [0.25, 0.3) is 0 Å². The van der Waals surface area contributed by atoms with E-state index in [0.717, 1.165) is 11.3 Å². The van der Waals surface area contributed by atoms with Crippen LogP contribution in [0.1, 0.15) is 56.6 Å². The largest absolute Gasteiger partial charge is 0.328 e. The van der Waals surface area contributed by atoms with Gasteiger partial charge in [-0.05, 0) is 36.5 Å². The molecule has 1 aromatic rings. The number of imide groups is 1. The molecule has 4 nitrogen and oxygen atoms in total. The number of hydrogen-bond donors (Lipinski definition) is 1. The first-order valence-electron chi connectivity index (χ1n) is 7.74. The fourth-order valence-corrected chi connectivity index (χ4v) is 2.76. The van der Waals surface area contributed by atoms with E-state index in [-0.39, 0.29) is 11.9 Å². The minimum atomic E-state index is -0.318. The van der Waals surface area contributed by atoms with Crippen molar-refractivity contribution in [3.05, 3.63) is 29.3 Å². The zero-order chi connectivity index (χ0) is 15.4. The Morgan fingerprint density at radius 2 is 2.10 bits per heavy atom. The van der Waals surface area contributed by atoms with Crippen molar-refractivity contribution in [3.8, 4) is 0 Å². The molecule has 2 rings (SSSR count). The number of nitrogens with zero attached hydrogens (tertiary/aromatic N) is 1. The number of nitrogens with one attached hydrogen (secondary N) is 1. The van der Waals surface area contributed by atoms with Crippen LogP contribution in [0.15, 0.2) is 18.2 Å². The third-order valence-electron chi connectivity index (χ3n) is 4.13. The molecule has 4 heteroatoms. The van der Waals surface area contributed by atoms with Gasteiger partial charge < -0.3 is 0 Å². The molecule has 1 unspecified atom stereocenters. The van der Waals surface area contributed by atoms with Gasteiger partial charge in [0.25, 0.3) is 0 Å². The van der Waals surface area contributed by atoms with Crippen LogP contribution in [0.4, 0.5) is 10.5 Å². The summed E-state index contributed by atoms with van der Waals surface area (Å²) in [4.78, 5) is 24.8. The van der Waals surface area contributed by atoms with Crippen molar-refractivity contribution >= 4 is 17.6 Å². The third-order valence-corrected chi connectivity index (χ3v) is 4.13. The molecule has 0 aliphatic carbocycles. The Hall–Kier alpha value is -1.84. The lowest BCUT2D eigenvalue weighted by atomic mass is 9.93. The van der Waals surface area contributed by atoms with Gasteiger partial charge >= 0.3 is 6.03 Å². The van der Waals surface area contributed by atoms with Crippen molar-refractivity contribution in [1.82, 2.24) is 5.32 Å². The maximum absolute atomic E-state index is 11.9. The molecule has 1 N–H and O–H groups in total. The van der Waals surface area contributed by atoms with E-state index in [1.807, 2.05) is 13.0 Å². The Balaban J connectivity index is 2.15. The maximum Gasteiger partial charge on any atom is 0.328 e. The number of aryl methyl sites for hydroxylation is 1. The number of unbranched alkanes of at least 4 members (excludes halogenated alkanes) is 1. The van der Waals surface area contributed by atoms with Crippen LogP contribution in [-0.2, 0) is 4.79 Å². The molecule has 3 amide bonds. The predicted octanol–water partition coefficient (Wildman–Crippen LogP) is 3.74. The van der Waals surface area contributed by atoms with Gasteiger partial charge in [-0.25, -0.2) is 4.79 Å². The molecule has 0 spiro atoms. The smallest absolute Gasteiger partial charge is 0.293 e. The van der Waals surface area contributed by atoms with Crippen molar-refractivity contribution < 1.29 is 9.59 Å². The van der Waals surface area contributed by atoms with Crippen molar-refractivity contribution in [2.75, 3.05) is 11.4 Å². The van der Waals surface area contributed by atoms with Gasteiger partial charge in [0, 0.05) is 18.7 Å². The number of benzene rings is 1. The standard InChI is InChI=1S/C17H24N2O2/c1-4-5-6-12(2)14-7-8-15(13(3)11-14)19-10-9-16(20)18-17(19)21/h7-8,11-12H,4-6,9-10H2,1-3H3,(H,18,20,21). The van der Waals surface area contributed by atoms with Gasteiger partial charge in [0.05, 0.1) is 0 Å². The second-order valence-corrected chi connectivity index (χ2v) is 5.84. The molecule has 1 aromatic carbocycles. The molecule has 0 bridgehead atoms. The molecule has 21 heavy (non-hydrogen) atoms. The molecule has 1 fully saturated rings. The first kappa shape index (κ1) is 15.5. The summed E-state index contributed by atoms with van der Waals surface area (Å²) in [7, 11) is 0. The Kier molecular flexibility index (Phi) is 4.99. The van der Waals surface area contributed by atoms with Crippen LogP contribution < -0.4 is 10.2 Å². The summed E-state index contributed by atoms with van der Waals surface area (Å²) in [5.74, 6) is 0.341. The van der Waals surface area contributed by atoms with Crippen molar-refractivity contribution in [2.45, 2.75) is 52.4 Å². The maximum atomic E-state index is 11.9. The van der Waals surface area contributed by atoms with Gasteiger partial charge in [0.2, 0.25) is 5.91 Å². The van der Waals surface area contributed by atoms with Gasteiger partial charge in [0.15, 0.2) is 0 Å². The Labute approximate surface area is 126 Å². The molecule has 1 atom stereocenters. The Morgan fingerprint density at radius 1 is 1.33 bits per heavy atom. The molecule has 1 saturated heterocycles. The fraction of sp³-hybridized carbons (Fsp3) is 0.529. The second kappa shape index (κ2) is 6.74. The van der Waals surface area contributed by atoms with Crippen LogP contribution in [0.5, 0.6) is 0 Å². The van der Waals surface area contributed by atoms with E-state index < -0.39 is 0 Å². The van der Waals surface area contributed by atoms with Crippen LogP contribution in [-0.4, -0.2) is 18.5 Å². The van der Waals surface area contributed by atoms with Gasteiger partial charge in [-0.1, -0.05) is 38.8 Å². The van der Waals surface area contributed by atoms with Gasteiger partial charge in [0.1, 0.15) is 0 Å². The quantitative estimate of drug-likeness (QED) is 0.897. The van der Waals surface area contributed by atoms with E-state index in [1.165, 1.54) is 24.8 Å². The average molecular weight is 288 g/mol. The molecular formula is C17H24N2O2. The predicted molar refractivity (Wildman–Crippen MR) is 84.6 cm³/mol. The first-order valence-corrected chi connectivity index (χ1v) is 7.74. The van der Waals surface area contributed by atoms with Crippen LogP contribution in [0, 0.1) is 6.92 Å². The number of rotatable bonds is 5. The molecule has 0 aromatic heterocycles. The average Bonchev–Trinajstić information content (AvgIpc) is 2.45. The number of amides is 3. The van der Waals surface area contributed by atoms with Crippen molar-refractivity contribution in [2.24, 2.45) is 0 Å². The highest BCUT2D eigenvalue weighted by Gasteiger charge is 2.25. The molecular weight excluding hydrogens is 264 g/mol. The highest BCUT2D eigenvalue weighted by atomic mass is 16.2. The van der Waals surface area contributed by atoms with Crippen LogP contribution in [0.2, 0.25) is 0 Å². The normalized spacial score (nSPS) is 16.8. The molecule has 0 saturated carbocycles. The van der Waals surface area contributed by atoms with Crippen molar-refractivity contribution in [1.29, 1.82) is 0 Å². The molecule has 1 aliphatic heterocycles. The Morgan fingerprint density at radius 3 is 2.71 bits per heavy atom.